The minimum atomic E-state index is -4.78. The Balaban J connectivity index is 1.70. The van der Waals surface area contributed by atoms with Crippen molar-refractivity contribution in [2.45, 2.75) is 65.2 Å². The van der Waals surface area contributed by atoms with Gasteiger partial charge in [0, 0.05) is 23.2 Å². The molecule has 0 aromatic carbocycles. The number of hydrogen-bond acceptors (Lipinski definition) is 5. The highest BCUT2D eigenvalue weighted by molar-refractivity contribution is 8.01. The van der Waals surface area contributed by atoms with Gasteiger partial charge in [-0.1, -0.05) is 37.6 Å². The molecule has 0 amide bonds. The molecule has 3 fully saturated rings. The van der Waals surface area contributed by atoms with Crippen molar-refractivity contribution in [2.75, 3.05) is 6.61 Å². The maximum Gasteiger partial charge on any atom is 0.329 e. The zero-order valence-corrected chi connectivity index (χ0v) is 18.6. The predicted molar refractivity (Wildman–Crippen MR) is 112 cm³/mol. The number of hydrogen-bond donors (Lipinski definition) is 1. The smallest absolute Gasteiger partial charge is 0.329 e. The van der Waals surface area contributed by atoms with Crippen LogP contribution in [0, 0.1) is 34.5 Å². The van der Waals surface area contributed by atoms with Crippen LogP contribution in [0.15, 0.2) is 23.8 Å². The van der Waals surface area contributed by atoms with E-state index in [0.717, 1.165) is 32.1 Å². The summed E-state index contributed by atoms with van der Waals surface area (Å²) in [5.74, 6) is -0.247. The Kier molecular flexibility index (Phi) is 5.50. The van der Waals surface area contributed by atoms with Gasteiger partial charge in [0.1, 0.15) is 0 Å². The summed E-state index contributed by atoms with van der Waals surface area (Å²) in [5.41, 5.74) is 0.813. The van der Waals surface area contributed by atoms with Crippen LogP contribution in [0.3, 0.4) is 0 Å². The molecule has 6 atom stereocenters. The molecule has 1 N–H and O–H groups in total. The Hall–Kier alpha value is -1.47. The average molecular weight is 437 g/mol. The molecular formula is C23H32O6S. The van der Waals surface area contributed by atoms with Crippen molar-refractivity contribution in [3.05, 3.63) is 23.8 Å². The van der Waals surface area contributed by atoms with E-state index in [1.807, 2.05) is 0 Å². The fraction of sp³-hybridized carbons (Fsp3) is 0.739. The fourth-order valence-electron chi connectivity index (χ4n) is 7.28. The number of carbonyl (C=O) groups is 2. The molecule has 7 heteroatoms. The molecule has 3 saturated carbocycles. The highest BCUT2D eigenvalue weighted by Crippen LogP contribution is 2.66. The van der Waals surface area contributed by atoms with Gasteiger partial charge in [-0.3, -0.25) is 14.1 Å². The van der Waals surface area contributed by atoms with Crippen LogP contribution in [0.4, 0.5) is 0 Å². The first-order chi connectivity index (χ1) is 14.1. The summed E-state index contributed by atoms with van der Waals surface area (Å²) < 4.78 is 38.5. The van der Waals surface area contributed by atoms with Gasteiger partial charge < -0.3 is 4.74 Å². The largest absolute Gasteiger partial charge is 0.465 e. The van der Waals surface area contributed by atoms with Crippen LogP contribution >= 0.6 is 0 Å². The van der Waals surface area contributed by atoms with Crippen LogP contribution in [0.5, 0.6) is 0 Å². The summed E-state index contributed by atoms with van der Waals surface area (Å²) in [6.45, 7) is 4.09. The van der Waals surface area contributed by atoms with Crippen LogP contribution < -0.4 is 0 Å². The summed E-state index contributed by atoms with van der Waals surface area (Å²) in [4.78, 5) is 24.6. The van der Waals surface area contributed by atoms with Crippen LogP contribution in [0.25, 0.3) is 0 Å². The summed E-state index contributed by atoms with van der Waals surface area (Å²) in [6.07, 6.45) is 12.8. The second-order valence-corrected chi connectivity index (χ2v) is 11.1. The second kappa shape index (κ2) is 7.59. The molecule has 0 saturated heterocycles. The number of allylic oxidation sites excluding steroid dienone is 4. The summed E-state index contributed by atoms with van der Waals surface area (Å²) in [6, 6.07) is 0. The van der Waals surface area contributed by atoms with Crippen LogP contribution in [0.1, 0.15) is 65.2 Å². The number of ether oxygens (including phenoxy) is 1. The molecule has 0 aromatic rings. The lowest BCUT2D eigenvalue weighted by Gasteiger charge is -2.57. The Morgan fingerprint density at radius 3 is 2.67 bits per heavy atom. The molecule has 4 rings (SSSR count). The van der Waals surface area contributed by atoms with Gasteiger partial charge in [-0.25, -0.2) is 0 Å². The number of carbonyl (C=O) groups excluding carboxylic acids is 2. The number of fused-ring (bicyclic) bond motifs is 5. The highest BCUT2D eigenvalue weighted by Gasteiger charge is 2.63. The number of rotatable bonds is 4. The van der Waals surface area contributed by atoms with Crippen molar-refractivity contribution in [1.29, 1.82) is 0 Å². The van der Waals surface area contributed by atoms with Gasteiger partial charge in [0.25, 0.3) is 5.12 Å². The van der Waals surface area contributed by atoms with Crippen molar-refractivity contribution in [1.82, 2.24) is 0 Å². The van der Waals surface area contributed by atoms with Crippen LogP contribution in [-0.2, 0) is 24.4 Å². The first-order valence-corrected chi connectivity index (χ1v) is 12.6. The highest BCUT2D eigenvalue weighted by atomic mass is 32.2. The van der Waals surface area contributed by atoms with Crippen molar-refractivity contribution in [3.63, 3.8) is 0 Å². The molecule has 0 spiro atoms. The first-order valence-electron chi connectivity index (χ1n) is 11.2. The topological polar surface area (TPSA) is 97.7 Å². The van der Waals surface area contributed by atoms with Gasteiger partial charge in [-0.05, 0) is 62.7 Å². The molecule has 0 aliphatic heterocycles. The van der Waals surface area contributed by atoms with E-state index in [4.69, 9.17) is 4.74 Å². The van der Waals surface area contributed by atoms with E-state index in [0.29, 0.717) is 24.7 Å². The van der Waals surface area contributed by atoms with Gasteiger partial charge in [0.15, 0.2) is 0 Å². The molecule has 0 heterocycles. The molecule has 0 unspecified atom stereocenters. The lowest BCUT2D eigenvalue weighted by molar-refractivity contribution is -0.156. The van der Waals surface area contributed by atoms with Crippen molar-refractivity contribution < 1.29 is 27.3 Å². The van der Waals surface area contributed by atoms with Crippen molar-refractivity contribution in [2.24, 2.45) is 34.5 Å². The quantitative estimate of drug-likeness (QED) is 0.405. The summed E-state index contributed by atoms with van der Waals surface area (Å²) >= 11 is 0. The van der Waals surface area contributed by atoms with Gasteiger partial charge in [0.05, 0.1) is 6.61 Å². The molecule has 6 nitrogen and oxygen atoms in total. The zero-order valence-electron chi connectivity index (χ0n) is 17.8. The Labute approximate surface area is 178 Å². The summed E-state index contributed by atoms with van der Waals surface area (Å²) in [7, 11) is -4.78. The maximum absolute atomic E-state index is 12.7. The molecule has 4 aliphatic rings. The molecule has 4 aliphatic carbocycles. The van der Waals surface area contributed by atoms with E-state index in [1.54, 1.807) is 6.92 Å². The van der Waals surface area contributed by atoms with E-state index >= 15 is 0 Å². The Morgan fingerprint density at radius 1 is 1.20 bits per heavy atom. The molecule has 0 aromatic heterocycles. The van der Waals surface area contributed by atoms with Crippen molar-refractivity contribution >= 4 is 21.2 Å². The predicted octanol–water partition coefficient (Wildman–Crippen LogP) is 4.08. The molecule has 166 valence electrons. The van der Waals surface area contributed by atoms with E-state index in [1.165, 1.54) is 5.57 Å². The normalized spacial score (nSPS) is 40.0. The maximum atomic E-state index is 12.7. The third kappa shape index (κ3) is 3.29. The minimum Gasteiger partial charge on any atom is -0.465 e. The minimum absolute atomic E-state index is 0.0125. The zero-order chi connectivity index (χ0) is 21.7. The van der Waals surface area contributed by atoms with Crippen LogP contribution in [-0.4, -0.2) is 30.7 Å². The lowest BCUT2D eigenvalue weighted by atomic mass is 9.47. The van der Waals surface area contributed by atoms with E-state index in [-0.39, 0.29) is 30.3 Å². The monoisotopic (exact) mass is 436 g/mol. The molecular weight excluding hydrogens is 404 g/mol. The van der Waals surface area contributed by atoms with Gasteiger partial charge in [-0.15, -0.1) is 0 Å². The summed E-state index contributed by atoms with van der Waals surface area (Å²) in [5, 5.41) is -1.10. The standard InChI is InChI=1S/C23H32O6S/c1-3-20(24)29-14-23-13-11-17-16(8-7-15-6-4-5-12-22(15,17)2)18(23)9-10-19(23)21(25)30(26,27)28/h5-6,12,16-19H,3-4,7-11,13-14H2,1-2H3,(H,26,27,28)/t16-,17+,18+,19-,22+,23-/m1/s1. The fourth-order valence-corrected chi connectivity index (χ4v) is 7.99. The number of esters is 1. The lowest BCUT2D eigenvalue weighted by Crippen LogP contribution is -2.53. The Morgan fingerprint density at radius 2 is 1.97 bits per heavy atom. The van der Waals surface area contributed by atoms with E-state index in [2.05, 4.69) is 25.2 Å². The third-order valence-corrected chi connectivity index (χ3v) is 9.45. The molecule has 0 bridgehead atoms. The third-order valence-electron chi connectivity index (χ3n) is 8.66. The van der Waals surface area contributed by atoms with Crippen LogP contribution in [0.2, 0.25) is 0 Å². The molecule has 30 heavy (non-hydrogen) atoms. The van der Waals surface area contributed by atoms with Crippen molar-refractivity contribution in [3.8, 4) is 0 Å². The second-order valence-electron chi connectivity index (χ2n) is 9.78. The van der Waals surface area contributed by atoms with E-state index < -0.39 is 26.6 Å². The molecule has 0 radical (unpaired) electrons. The van der Waals surface area contributed by atoms with E-state index in [9.17, 15) is 22.6 Å². The average Bonchev–Trinajstić information content (AvgIpc) is 3.09. The van der Waals surface area contributed by atoms with Gasteiger partial charge in [0.2, 0.25) is 0 Å². The Bertz CT molecular complexity index is 903. The van der Waals surface area contributed by atoms with Gasteiger partial charge in [-0.2, -0.15) is 8.42 Å². The van der Waals surface area contributed by atoms with Gasteiger partial charge >= 0.3 is 16.1 Å². The SMILES string of the molecule is CCC(=O)OC[C@]12CC[C@H]3[C@@H](CCC4=CCC=C[C@@]43C)[C@@H]1CC[C@@H]2C(=O)S(=O)(=O)O. The first kappa shape index (κ1) is 21.8.